The van der Waals surface area contributed by atoms with Crippen LogP contribution in [0.5, 0.6) is 0 Å². The first-order valence-electron chi connectivity index (χ1n) is 40.0. The van der Waals surface area contributed by atoms with Crippen molar-refractivity contribution in [2.24, 2.45) is 7.05 Å². The van der Waals surface area contributed by atoms with Crippen LogP contribution in [0, 0.1) is 11.6 Å². The fraction of sp³-hybridized carbons (Fsp3) is 0.465. The number of benzene rings is 3. The zero-order valence-corrected chi connectivity index (χ0v) is 79.8. The van der Waals surface area contributed by atoms with E-state index < -0.39 is 0 Å². The van der Waals surface area contributed by atoms with E-state index in [4.69, 9.17) is 44.2 Å². The fourth-order valence-electron chi connectivity index (χ4n) is 10.1. The molecule has 8 aromatic heterocycles. The lowest BCUT2D eigenvalue weighted by Gasteiger charge is -2.20. The summed E-state index contributed by atoms with van der Waals surface area (Å²) in [6.07, 6.45) is 17.2. The van der Waals surface area contributed by atoms with E-state index >= 15 is 0 Å². The quantitative estimate of drug-likeness (QED) is 0.105. The van der Waals surface area contributed by atoms with E-state index in [2.05, 4.69) is 276 Å². The Bertz CT molecular complexity index is 4210. The first kappa shape index (κ1) is 109. The molecule has 0 saturated carbocycles. The molecule has 648 valence electrons. The largest absolute Gasteiger partial charge is 0.463 e. The Morgan fingerprint density at radius 3 is 1.19 bits per heavy atom. The van der Waals surface area contributed by atoms with Crippen molar-refractivity contribution in [3.05, 3.63) is 308 Å². The minimum Gasteiger partial charge on any atom is -0.463 e. The molecule has 11 rings (SSSR count). The second kappa shape index (κ2) is 48.6. The van der Waals surface area contributed by atoms with Crippen LogP contribution in [0.2, 0.25) is 10.0 Å². The van der Waals surface area contributed by atoms with Crippen LogP contribution in [-0.4, -0.2) is 40.0 Å². The monoisotopic (exact) mass is 1670 g/mol. The molecule has 0 unspecified atom stereocenters. The number of hydrogen-bond donors (Lipinski definition) is 3. The summed E-state index contributed by atoms with van der Waals surface area (Å²) in [7, 11) is 1.82. The van der Waals surface area contributed by atoms with Crippen molar-refractivity contribution in [3.8, 4) is 0 Å². The van der Waals surface area contributed by atoms with Crippen molar-refractivity contribution in [1.82, 2.24) is 34.9 Å². The van der Waals surface area contributed by atoms with Gasteiger partial charge in [-0.2, -0.15) is 0 Å². The van der Waals surface area contributed by atoms with Crippen LogP contribution >= 0.6 is 34.5 Å². The van der Waals surface area contributed by atoms with Crippen molar-refractivity contribution < 1.29 is 22.9 Å². The Morgan fingerprint density at radius 2 is 0.873 bits per heavy atom. The topological polar surface area (TPSA) is 180 Å². The molecule has 12 nitrogen and oxygen atoms in total. The van der Waals surface area contributed by atoms with E-state index in [9.17, 15) is 8.78 Å². The van der Waals surface area contributed by atoms with E-state index in [0.717, 1.165) is 44.1 Å². The zero-order chi connectivity index (χ0) is 90.0. The molecule has 0 fully saturated rings. The van der Waals surface area contributed by atoms with Gasteiger partial charge < -0.3 is 21.0 Å². The van der Waals surface area contributed by atoms with Gasteiger partial charge in [0.1, 0.15) is 31.0 Å². The molecule has 0 aliphatic rings. The molecule has 0 atom stereocenters. The molecular weight excluding hydrogens is 1530 g/mol. The van der Waals surface area contributed by atoms with Crippen molar-refractivity contribution >= 4 is 46.2 Å². The van der Waals surface area contributed by atoms with E-state index in [1.807, 2.05) is 164 Å². The van der Waals surface area contributed by atoms with E-state index in [1.165, 1.54) is 39.5 Å². The molecule has 0 saturated heterocycles. The highest BCUT2D eigenvalue weighted by Gasteiger charge is 2.24. The predicted octanol–water partition coefficient (Wildman–Crippen LogP) is 27.9. The normalized spacial score (nSPS) is 11.6. The van der Waals surface area contributed by atoms with Crippen LogP contribution in [0.1, 0.15) is 303 Å². The maximum absolute atomic E-state index is 13.3. The third kappa shape index (κ3) is 43.9. The smallest absolute Gasteiger partial charge is 0.220 e. The molecule has 0 aliphatic carbocycles. The Hall–Kier alpha value is -8.60. The number of nitrogen functional groups attached to an aromatic ring is 2. The van der Waals surface area contributed by atoms with E-state index in [-0.39, 0.29) is 79.8 Å². The van der Waals surface area contributed by atoms with Crippen LogP contribution in [-0.2, 0) is 73.2 Å². The summed E-state index contributed by atoms with van der Waals surface area (Å²) in [6.45, 7) is 70.0. The van der Waals surface area contributed by atoms with Crippen molar-refractivity contribution in [3.63, 3.8) is 0 Å². The number of halogens is 4. The standard InChI is InChI=1S/C10H13Cl.C10H15FN.C10H15N.C10H14.C9H12ClN.C9H12FN.2C9H13N.C9H14O2.C8H13N3.C7H11NS.CH4/c1-10(2,3)8-6-4-5-7-9(8)11;1-10(2,3)8-5-6-12(4)7-9(8)11;1-10(2,3)8-6-4-5-7-9(8)11;1-10(2,3)9-7-5-4-6-8-9;1-9(2,3)8-7(10)5-4-6-11-8;1-9(2,3)7-4-5-11-6-8(7)10;1-9(2,3)8-5-4-6-10-7-8;1-9(2,3)8-6-4-5-7-10-8;1-9(2,3)8-5-4-7(6-10)11-8;1-8(2,3)6-4-5-10-7(9)11-6;1-7(2,3)6-4-8-5-9-6;/h4-7H,1-3H3;5-7H,1-4H3;4-7H,11H2,1-3H3;4-8H,1-3H3;2*4-6H,1-3H3;2*4-7H,1-3H3;4-5,10H,6H2,1-3H3;4-5H,1-3H3,(H2,9,10,11);4-5H,1-3H3;1H4/q;+1;;;;;;;;;;. The number of hydrogen-bond acceptors (Lipinski definition) is 12. The van der Waals surface area contributed by atoms with Gasteiger partial charge in [-0.1, -0.05) is 338 Å². The average Bonchev–Trinajstić information content (AvgIpc) is 1.16. The highest BCUT2D eigenvalue weighted by molar-refractivity contribution is 7.09. The Kier molecular flexibility index (Phi) is 45.1. The summed E-state index contributed by atoms with van der Waals surface area (Å²) in [6, 6.07) is 49.5. The molecule has 11 aromatic rings. The van der Waals surface area contributed by atoms with Crippen molar-refractivity contribution in [2.75, 3.05) is 11.5 Å². The highest BCUT2D eigenvalue weighted by atomic mass is 35.5. The lowest BCUT2D eigenvalue weighted by molar-refractivity contribution is -0.673. The minimum absolute atomic E-state index is 0. The summed E-state index contributed by atoms with van der Waals surface area (Å²) < 4.78 is 33.4. The van der Waals surface area contributed by atoms with Crippen LogP contribution in [0.4, 0.5) is 20.4 Å². The van der Waals surface area contributed by atoms with Crippen LogP contribution in [0.25, 0.3) is 0 Å². The lowest BCUT2D eigenvalue weighted by atomic mass is 9.86. The molecule has 17 heteroatoms. The summed E-state index contributed by atoms with van der Waals surface area (Å²) in [4.78, 5) is 29.5. The zero-order valence-electron chi connectivity index (χ0n) is 77.5. The SMILES string of the molecule is C.CC(C)(C)c1ccc(CO)o1.CC(C)(C)c1ccccc1.CC(C)(C)c1ccccc1Cl.CC(C)(C)c1ccccc1N.CC(C)(C)c1ccccn1.CC(C)(C)c1cccnc1.CC(C)(C)c1ccnc(N)n1.CC(C)(C)c1ccncc1F.CC(C)(C)c1cncs1.CC(C)(C)c1ncccc1Cl.C[n+]1ccc(C(C)(C)C)c(F)c1. The Balaban J connectivity index is 0.00000128. The van der Waals surface area contributed by atoms with Gasteiger partial charge in [-0.25, -0.2) is 23.3 Å². The summed E-state index contributed by atoms with van der Waals surface area (Å²) in [5.74, 6) is 1.54. The Labute approximate surface area is 727 Å². The average molecular weight is 1680 g/mol. The van der Waals surface area contributed by atoms with Crippen molar-refractivity contribution in [2.45, 2.75) is 302 Å². The molecule has 0 bridgehead atoms. The first-order chi connectivity index (χ1) is 53.4. The fourth-order valence-corrected chi connectivity index (χ4v) is 11.7. The van der Waals surface area contributed by atoms with Crippen LogP contribution in [0.15, 0.2) is 224 Å². The van der Waals surface area contributed by atoms with Gasteiger partial charge in [-0.05, 0) is 132 Å². The van der Waals surface area contributed by atoms with Crippen molar-refractivity contribution in [1.29, 1.82) is 0 Å². The molecule has 5 N–H and O–H groups in total. The van der Waals surface area contributed by atoms with Crippen LogP contribution in [0.3, 0.4) is 0 Å². The third-order valence-corrected chi connectivity index (χ3v) is 19.0. The molecule has 0 amide bonds. The van der Waals surface area contributed by atoms with Gasteiger partial charge in [0.25, 0.3) is 0 Å². The van der Waals surface area contributed by atoms with Gasteiger partial charge in [-0.15, -0.1) is 11.3 Å². The number of rotatable bonds is 1. The predicted molar refractivity (Wildman–Crippen MR) is 504 cm³/mol. The molecular formula is C101H149Cl2F2N10O2S+. The number of nitrogens with zero attached hydrogens (tertiary/aromatic N) is 8. The summed E-state index contributed by atoms with van der Waals surface area (Å²) in [5.41, 5.74) is 24.9. The van der Waals surface area contributed by atoms with Gasteiger partial charge in [0.2, 0.25) is 12.1 Å². The van der Waals surface area contributed by atoms with Gasteiger partial charge in [0.05, 0.1) is 28.1 Å². The second-order valence-electron chi connectivity index (χ2n) is 39.8. The van der Waals surface area contributed by atoms with Gasteiger partial charge in [0.15, 0.2) is 12.0 Å². The number of nitrogens with two attached hydrogens (primary N) is 2. The summed E-state index contributed by atoms with van der Waals surface area (Å²) in [5, 5.41) is 10.3. The number of furan rings is 1. The number of pyridine rings is 5. The highest BCUT2D eigenvalue weighted by Crippen LogP contribution is 2.32. The number of para-hydroxylation sites is 1. The maximum atomic E-state index is 13.3. The third-order valence-electron chi connectivity index (χ3n) is 17.1. The molecule has 0 spiro atoms. The number of anilines is 2. The second-order valence-corrected chi connectivity index (χ2v) is 41.5. The number of aryl methyl sites for hydroxylation is 1. The number of aliphatic hydroxyl groups excluding tert-OH is 1. The lowest BCUT2D eigenvalue weighted by Crippen LogP contribution is -2.29. The van der Waals surface area contributed by atoms with E-state index in [0.29, 0.717) is 22.7 Å². The van der Waals surface area contributed by atoms with Gasteiger partial charge >= 0.3 is 0 Å². The van der Waals surface area contributed by atoms with Gasteiger partial charge in [-0.3, -0.25) is 24.9 Å². The maximum Gasteiger partial charge on any atom is 0.220 e. The number of aromatic nitrogens is 8. The number of aliphatic hydroxyl groups is 1. The first-order valence-corrected chi connectivity index (χ1v) is 41.6. The van der Waals surface area contributed by atoms with E-state index in [1.54, 1.807) is 52.8 Å². The van der Waals surface area contributed by atoms with Crippen LogP contribution < -0.4 is 16.0 Å². The molecule has 0 aliphatic heterocycles. The molecule has 118 heavy (non-hydrogen) atoms. The van der Waals surface area contributed by atoms with Gasteiger partial charge in [0, 0.05) is 97.9 Å². The number of thiazole rings is 1. The summed E-state index contributed by atoms with van der Waals surface area (Å²) >= 11 is 13.7. The molecule has 3 aromatic carbocycles. The molecule has 0 radical (unpaired) electrons. The molecule has 8 heterocycles. The minimum atomic E-state index is -0.222. The Morgan fingerprint density at radius 1 is 0.390 bits per heavy atom.